The number of carbonyl (C=O) groups is 3. The molecule has 4 aromatic rings. The zero-order chi connectivity index (χ0) is 31.3. The van der Waals surface area contributed by atoms with Gasteiger partial charge in [-0.3, -0.25) is 9.59 Å². The largest absolute Gasteiger partial charge is 0.445 e. The first kappa shape index (κ1) is 30.8. The molecule has 2 aliphatic rings. The Hall–Kier alpha value is -4.26. The van der Waals surface area contributed by atoms with E-state index in [4.69, 9.17) is 9.47 Å². The maximum atomic E-state index is 13.7. The summed E-state index contributed by atoms with van der Waals surface area (Å²) in [4.78, 5) is 45.0. The lowest BCUT2D eigenvalue weighted by Gasteiger charge is -2.28. The minimum atomic E-state index is -0.689. The first-order valence-electron chi connectivity index (χ1n) is 15.4. The molecule has 2 aliphatic heterocycles. The number of fused-ring (bicyclic) bond motifs is 1. The molecule has 0 aliphatic carbocycles. The quantitative estimate of drug-likeness (QED) is 0.261. The summed E-state index contributed by atoms with van der Waals surface area (Å²) in [7, 11) is 0. The van der Waals surface area contributed by atoms with Crippen molar-refractivity contribution in [2.24, 2.45) is 0 Å². The maximum Gasteiger partial charge on any atom is 0.435 e. The van der Waals surface area contributed by atoms with Crippen LogP contribution in [0.1, 0.15) is 58.3 Å². The van der Waals surface area contributed by atoms with Crippen molar-refractivity contribution in [1.82, 2.24) is 20.0 Å². The lowest BCUT2D eigenvalue weighted by molar-refractivity contribution is 0.0930. The molecule has 0 spiro atoms. The van der Waals surface area contributed by atoms with Gasteiger partial charge in [-0.15, -0.1) is 16.4 Å². The molecule has 11 nitrogen and oxygen atoms in total. The number of anilines is 2. The van der Waals surface area contributed by atoms with Crippen molar-refractivity contribution in [3.8, 4) is 0 Å². The summed E-state index contributed by atoms with van der Waals surface area (Å²) >= 11 is 1.18. The summed E-state index contributed by atoms with van der Waals surface area (Å²) in [5.74, 6) is -0.445. The number of benzene rings is 2. The van der Waals surface area contributed by atoms with Crippen molar-refractivity contribution in [1.29, 1.82) is 0 Å². The smallest absolute Gasteiger partial charge is 0.435 e. The van der Waals surface area contributed by atoms with Crippen molar-refractivity contribution in [2.45, 2.75) is 38.8 Å². The Labute approximate surface area is 266 Å². The molecule has 2 saturated heterocycles. The predicted octanol–water partition coefficient (Wildman–Crippen LogP) is 5.15. The van der Waals surface area contributed by atoms with E-state index >= 15 is 0 Å². The molecule has 2 aromatic heterocycles. The average molecular weight is 631 g/mol. The summed E-state index contributed by atoms with van der Waals surface area (Å²) in [6.45, 7) is 9.16. The van der Waals surface area contributed by atoms with Crippen molar-refractivity contribution in [3.05, 3.63) is 76.7 Å². The highest BCUT2D eigenvalue weighted by atomic mass is 32.1. The fraction of sp³-hybridized carbons (Fsp3) is 0.394. The molecule has 2 N–H and O–H groups in total. The van der Waals surface area contributed by atoms with Crippen LogP contribution in [0.2, 0.25) is 0 Å². The third-order valence-electron chi connectivity index (χ3n) is 7.97. The zero-order valence-corrected chi connectivity index (χ0v) is 26.3. The number of nitrogens with one attached hydrogen (secondary N) is 2. The third-order valence-corrected chi connectivity index (χ3v) is 9.10. The number of hydrogen-bond acceptors (Lipinski definition) is 9. The van der Waals surface area contributed by atoms with Gasteiger partial charge in [-0.25, -0.2) is 4.79 Å². The Morgan fingerprint density at radius 3 is 2.36 bits per heavy atom. The van der Waals surface area contributed by atoms with Gasteiger partial charge in [0.05, 0.1) is 40.5 Å². The topological polar surface area (TPSA) is 118 Å². The van der Waals surface area contributed by atoms with Crippen LogP contribution in [0.25, 0.3) is 10.2 Å². The first-order valence-corrected chi connectivity index (χ1v) is 16.2. The van der Waals surface area contributed by atoms with Crippen LogP contribution in [0.4, 0.5) is 16.3 Å². The van der Waals surface area contributed by atoms with Crippen LogP contribution in [-0.2, 0) is 9.47 Å². The van der Waals surface area contributed by atoms with Gasteiger partial charge in [0.2, 0.25) is 0 Å². The molecule has 0 radical (unpaired) electrons. The van der Waals surface area contributed by atoms with Gasteiger partial charge in [-0.1, -0.05) is 30.3 Å². The lowest BCUT2D eigenvalue weighted by Crippen LogP contribution is -2.36. The third kappa shape index (κ3) is 7.19. The molecule has 1 atom stereocenters. The van der Waals surface area contributed by atoms with E-state index in [0.29, 0.717) is 40.4 Å². The zero-order valence-electron chi connectivity index (χ0n) is 25.5. The number of thiophene rings is 1. The van der Waals surface area contributed by atoms with Crippen LogP contribution >= 0.6 is 11.3 Å². The maximum absolute atomic E-state index is 13.7. The SMILES string of the molecule is CC(C)OC(=O)n1nc(NC(=O)c2ccc(N3CCOCC3)cc2)c2sc(C(=O)N[C@H](CN3CCCC3)c3ccccc3)cc21. The van der Waals surface area contributed by atoms with Gasteiger partial charge >= 0.3 is 6.09 Å². The van der Waals surface area contributed by atoms with Gasteiger partial charge in [0.25, 0.3) is 11.8 Å². The fourth-order valence-corrected chi connectivity index (χ4v) is 6.67. The molecule has 0 unspecified atom stereocenters. The van der Waals surface area contributed by atoms with Gasteiger partial charge in [0.1, 0.15) is 0 Å². The summed E-state index contributed by atoms with van der Waals surface area (Å²) in [6, 6.07) is 18.7. The molecule has 2 aromatic carbocycles. The number of likely N-dealkylation sites (tertiary alicyclic amines) is 1. The second-order valence-electron chi connectivity index (χ2n) is 11.6. The van der Waals surface area contributed by atoms with Crippen molar-refractivity contribution >= 4 is 51.0 Å². The summed E-state index contributed by atoms with van der Waals surface area (Å²) in [5, 5.41) is 10.5. The van der Waals surface area contributed by atoms with E-state index < -0.39 is 6.09 Å². The van der Waals surface area contributed by atoms with E-state index in [-0.39, 0.29) is 29.8 Å². The number of carbonyl (C=O) groups excluding carboxylic acids is 3. The van der Waals surface area contributed by atoms with Crippen LogP contribution in [0.15, 0.2) is 60.7 Å². The summed E-state index contributed by atoms with van der Waals surface area (Å²) < 4.78 is 12.5. The number of ether oxygens (including phenoxy) is 2. The van der Waals surface area contributed by atoms with E-state index in [1.165, 1.54) is 11.3 Å². The summed E-state index contributed by atoms with van der Waals surface area (Å²) in [6.07, 6.45) is 1.24. The molecular formula is C33H38N6O5S. The van der Waals surface area contributed by atoms with Crippen LogP contribution in [-0.4, -0.2) is 84.6 Å². The Bertz CT molecular complexity index is 1640. The molecule has 45 heavy (non-hydrogen) atoms. The monoisotopic (exact) mass is 630 g/mol. The van der Waals surface area contributed by atoms with Gasteiger partial charge in [-0.2, -0.15) is 4.68 Å². The minimum Gasteiger partial charge on any atom is -0.445 e. The molecule has 236 valence electrons. The number of aromatic nitrogens is 2. The predicted molar refractivity (Wildman–Crippen MR) is 174 cm³/mol. The van der Waals surface area contributed by atoms with E-state index in [1.807, 2.05) is 42.5 Å². The Morgan fingerprint density at radius 2 is 1.67 bits per heavy atom. The van der Waals surface area contributed by atoms with Crippen LogP contribution < -0.4 is 15.5 Å². The van der Waals surface area contributed by atoms with Crippen molar-refractivity contribution < 1.29 is 23.9 Å². The second-order valence-corrected chi connectivity index (χ2v) is 12.6. The standard InChI is InChI=1S/C33H38N6O5S/c1-22(2)44-33(42)39-27-20-28(32(41)34-26(21-37-14-6-7-15-37)23-8-4-3-5-9-23)45-29(27)30(36-39)35-31(40)24-10-12-25(13-11-24)38-16-18-43-19-17-38/h3-5,8-13,20,22,26H,6-7,14-19,21H2,1-2H3,(H,34,41)(H,35,36,40)/t26-/m1/s1. The van der Waals surface area contributed by atoms with Gasteiger partial charge < -0.3 is 29.9 Å². The molecule has 6 rings (SSSR count). The molecule has 2 fully saturated rings. The Kier molecular flexibility index (Phi) is 9.43. The second kappa shape index (κ2) is 13.8. The average Bonchev–Trinajstić information content (AvgIpc) is 3.80. The molecular weight excluding hydrogens is 592 g/mol. The van der Waals surface area contributed by atoms with E-state index in [2.05, 4.69) is 25.5 Å². The summed E-state index contributed by atoms with van der Waals surface area (Å²) in [5.41, 5.74) is 2.88. The lowest BCUT2D eigenvalue weighted by atomic mass is 10.1. The van der Waals surface area contributed by atoms with E-state index in [1.54, 1.807) is 32.0 Å². The number of rotatable bonds is 9. The molecule has 2 amide bonds. The van der Waals surface area contributed by atoms with Crippen LogP contribution in [0, 0.1) is 0 Å². The number of morpholine rings is 1. The molecule has 12 heteroatoms. The molecule has 0 bridgehead atoms. The van der Waals surface area contributed by atoms with Crippen LogP contribution in [0.5, 0.6) is 0 Å². The van der Waals surface area contributed by atoms with E-state index in [9.17, 15) is 14.4 Å². The fourth-order valence-electron chi connectivity index (χ4n) is 5.69. The highest BCUT2D eigenvalue weighted by Crippen LogP contribution is 2.33. The highest BCUT2D eigenvalue weighted by Gasteiger charge is 2.26. The van der Waals surface area contributed by atoms with E-state index in [0.717, 1.165) is 55.0 Å². The normalized spacial score (nSPS) is 16.2. The first-order chi connectivity index (χ1) is 21.9. The van der Waals surface area contributed by atoms with Gasteiger partial charge in [0.15, 0.2) is 5.82 Å². The van der Waals surface area contributed by atoms with Crippen molar-refractivity contribution in [2.75, 3.05) is 56.2 Å². The van der Waals surface area contributed by atoms with Crippen LogP contribution in [0.3, 0.4) is 0 Å². The number of hydrogen-bond donors (Lipinski definition) is 2. The molecule has 4 heterocycles. The minimum absolute atomic E-state index is 0.189. The number of nitrogens with zero attached hydrogens (tertiary/aromatic N) is 4. The number of amides is 2. The van der Waals surface area contributed by atoms with Gasteiger partial charge in [-0.05, 0) is 75.7 Å². The Morgan fingerprint density at radius 1 is 0.956 bits per heavy atom. The Balaban J connectivity index is 1.25. The molecule has 0 saturated carbocycles. The highest BCUT2D eigenvalue weighted by molar-refractivity contribution is 7.21. The van der Waals surface area contributed by atoms with Crippen molar-refractivity contribution in [3.63, 3.8) is 0 Å². The van der Waals surface area contributed by atoms with Gasteiger partial charge in [0, 0.05) is 30.9 Å².